The van der Waals surface area contributed by atoms with Crippen LogP contribution in [0.3, 0.4) is 0 Å². The van der Waals surface area contributed by atoms with E-state index >= 15 is 0 Å². The molecule has 0 atom stereocenters. The fraction of sp³-hybridized carbons (Fsp3) is 0.0556. The molecule has 0 aliphatic heterocycles. The molecule has 2 heterocycles. The van der Waals surface area contributed by atoms with Crippen molar-refractivity contribution in [1.82, 2.24) is 20.2 Å². The standard InChI is InChI=1S/C18H14ClN5/c19-15-4-2-1-3-13(15)8-21-18-11-20-17-7-12(5-6-16(17)24-18)14-9-22-23-10-14/h1-7,9-11H,8H2,(H,21,24)(H,22,23). The van der Waals surface area contributed by atoms with Gasteiger partial charge in [0.15, 0.2) is 0 Å². The summed E-state index contributed by atoms with van der Waals surface area (Å²) in [5, 5.41) is 10.8. The molecule has 0 radical (unpaired) electrons. The van der Waals surface area contributed by atoms with Gasteiger partial charge >= 0.3 is 0 Å². The van der Waals surface area contributed by atoms with E-state index in [1.807, 2.05) is 48.7 Å². The number of aromatic amines is 1. The Labute approximate surface area is 143 Å². The molecule has 0 saturated heterocycles. The van der Waals surface area contributed by atoms with E-state index in [2.05, 4.69) is 25.5 Å². The largest absolute Gasteiger partial charge is 0.365 e. The first kappa shape index (κ1) is 14.7. The molecule has 2 aromatic heterocycles. The number of hydrogen-bond donors (Lipinski definition) is 2. The molecule has 0 aliphatic carbocycles. The second-order valence-electron chi connectivity index (χ2n) is 5.39. The van der Waals surface area contributed by atoms with E-state index < -0.39 is 0 Å². The zero-order valence-corrected chi connectivity index (χ0v) is 13.5. The van der Waals surface area contributed by atoms with Gasteiger partial charge in [-0.05, 0) is 29.3 Å². The van der Waals surface area contributed by atoms with E-state index in [0.717, 1.165) is 38.6 Å². The third-order valence-electron chi connectivity index (χ3n) is 3.79. The van der Waals surface area contributed by atoms with Crippen LogP contribution in [0.15, 0.2) is 61.1 Å². The Bertz CT molecular complexity index is 982. The third-order valence-corrected chi connectivity index (χ3v) is 4.16. The van der Waals surface area contributed by atoms with Crippen molar-refractivity contribution < 1.29 is 0 Å². The lowest BCUT2D eigenvalue weighted by molar-refractivity contribution is 1.09. The summed E-state index contributed by atoms with van der Waals surface area (Å²) in [7, 11) is 0. The van der Waals surface area contributed by atoms with Crippen molar-refractivity contribution in [1.29, 1.82) is 0 Å². The molecule has 0 amide bonds. The minimum Gasteiger partial charge on any atom is -0.365 e. The van der Waals surface area contributed by atoms with Gasteiger partial charge in [0.25, 0.3) is 0 Å². The Morgan fingerprint density at radius 1 is 1.00 bits per heavy atom. The molecule has 0 spiro atoms. The molecule has 0 unspecified atom stereocenters. The maximum Gasteiger partial charge on any atom is 0.145 e. The Hall–Kier alpha value is -2.92. The van der Waals surface area contributed by atoms with Crippen LogP contribution in [-0.4, -0.2) is 20.2 Å². The zero-order chi connectivity index (χ0) is 16.4. The predicted molar refractivity (Wildman–Crippen MR) is 95.9 cm³/mol. The van der Waals surface area contributed by atoms with Crippen LogP contribution >= 0.6 is 11.6 Å². The minimum atomic E-state index is 0.604. The first-order chi connectivity index (χ1) is 11.8. The Kier molecular flexibility index (Phi) is 3.84. The molecular weight excluding hydrogens is 322 g/mol. The Morgan fingerprint density at radius 2 is 1.92 bits per heavy atom. The first-order valence-corrected chi connectivity index (χ1v) is 7.90. The summed E-state index contributed by atoms with van der Waals surface area (Å²) in [6, 6.07) is 13.7. The topological polar surface area (TPSA) is 66.5 Å². The molecule has 2 N–H and O–H groups in total. The summed E-state index contributed by atoms with van der Waals surface area (Å²) in [6.45, 7) is 0.604. The van der Waals surface area contributed by atoms with Crippen molar-refractivity contribution in [2.45, 2.75) is 6.54 Å². The molecule has 0 saturated carbocycles. The van der Waals surface area contributed by atoms with Gasteiger partial charge in [0.2, 0.25) is 0 Å². The molecule has 0 bridgehead atoms. The van der Waals surface area contributed by atoms with Gasteiger partial charge in [0, 0.05) is 23.3 Å². The number of H-pyrrole nitrogens is 1. The molecule has 0 aliphatic rings. The van der Waals surface area contributed by atoms with Gasteiger partial charge in [-0.1, -0.05) is 35.9 Å². The van der Waals surface area contributed by atoms with Gasteiger partial charge in [-0.15, -0.1) is 0 Å². The fourth-order valence-electron chi connectivity index (χ4n) is 2.51. The Morgan fingerprint density at radius 3 is 2.75 bits per heavy atom. The molecule has 4 aromatic rings. The molecule has 0 fully saturated rings. The van der Waals surface area contributed by atoms with Crippen LogP contribution < -0.4 is 5.32 Å². The normalized spacial score (nSPS) is 10.9. The van der Waals surface area contributed by atoms with Crippen LogP contribution in [-0.2, 0) is 6.54 Å². The maximum absolute atomic E-state index is 6.17. The minimum absolute atomic E-state index is 0.604. The van der Waals surface area contributed by atoms with Crippen molar-refractivity contribution in [2.75, 3.05) is 5.32 Å². The summed E-state index contributed by atoms with van der Waals surface area (Å²) < 4.78 is 0. The zero-order valence-electron chi connectivity index (χ0n) is 12.7. The first-order valence-electron chi connectivity index (χ1n) is 7.53. The molecule has 6 heteroatoms. The molecule has 4 rings (SSSR count). The van der Waals surface area contributed by atoms with Gasteiger partial charge in [0.05, 0.1) is 23.4 Å². The SMILES string of the molecule is Clc1ccccc1CNc1cnc2cc(-c3cn[nH]c3)ccc2n1. The summed E-state index contributed by atoms with van der Waals surface area (Å²) in [5.41, 5.74) is 4.79. The van der Waals surface area contributed by atoms with E-state index in [0.29, 0.717) is 6.54 Å². The van der Waals surface area contributed by atoms with Crippen LogP contribution in [0.1, 0.15) is 5.56 Å². The van der Waals surface area contributed by atoms with E-state index in [9.17, 15) is 0 Å². The maximum atomic E-state index is 6.17. The molecule has 5 nitrogen and oxygen atoms in total. The van der Waals surface area contributed by atoms with Crippen LogP contribution in [0.4, 0.5) is 5.82 Å². The van der Waals surface area contributed by atoms with Crippen LogP contribution in [0.5, 0.6) is 0 Å². The number of nitrogens with zero attached hydrogens (tertiary/aromatic N) is 3. The highest BCUT2D eigenvalue weighted by Crippen LogP contribution is 2.22. The van der Waals surface area contributed by atoms with Gasteiger partial charge in [-0.3, -0.25) is 10.1 Å². The number of rotatable bonds is 4. The van der Waals surface area contributed by atoms with Gasteiger partial charge < -0.3 is 5.32 Å². The summed E-state index contributed by atoms with van der Waals surface area (Å²) in [6.07, 6.45) is 5.38. The predicted octanol–water partition coefficient (Wildman–Crippen LogP) is 4.29. The van der Waals surface area contributed by atoms with Gasteiger partial charge in [-0.2, -0.15) is 5.10 Å². The van der Waals surface area contributed by atoms with Crippen LogP contribution in [0.2, 0.25) is 5.02 Å². The average molecular weight is 336 g/mol. The van der Waals surface area contributed by atoms with E-state index in [1.54, 1.807) is 12.4 Å². The number of nitrogens with one attached hydrogen (secondary N) is 2. The lowest BCUT2D eigenvalue weighted by Crippen LogP contribution is -2.02. The number of fused-ring (bicyclic) bond motifs is 1. The van der Waals surface area contributed by atoms with E-state index in [1.165, 1.54) is 0 Å². The van der Waals surface area contributed by atoms with Gasteiger partial charge in [0.1, 0.15) is 5.82 Å². The van der Waals surface area contributed by atoms with Crippen molar-refractivity contribution in [3.05, 3.63) is 71.6 Å². The van der Waals surface area contributed by atoms with E-state index in [-0.39, 0.29) is 0 Å². The average Bonchev–Trinajstić information content (AvgIpc) is 3.15. The van der Waals surface area contributed by atoms with Crippen molar-refractivity contribution in [3.8, 4) is 11.1 Å². The second-order valence-corrected chi connectivity index (χ2v) is 5.80. The number of aromatic nitrogens is 4. The lowest BCUT2D eigenvalue weighted by atomic mass is 10.1. The number of anilines is 1. The van der Waals surface area contributed by atoms with Crippen molar-refractivity contribution in [2.24, 2.45) is 0 Å². The quantitative estimate of drug-likeness (QED) is 0.584. The molecular formula is C18H14ClN5. The number of benzene rings is 2. The van der Waals surface area contributed by atoms with Crippen LogP contribution in [0.25, 0.3) is 22.2 Å². The second kappa shape index (κ2) is 6.29. The van der Waals surface area contributed by atoms with Crippen LogP contribution in [0, 0.1) is 0 Å². The third kappa shape index (κ3) is 2.94. The summed E-state index contributed by atoms with van der Waals surface area (Å²) >= 11 is 6.17. The highest BCUT2D eigenvalue weighted by atomic mass is 35.5. The van der Waals surface area contributed by atoms with E-state index in [4.69, 9.17) is 11.6 Å². The highest BCUT2D eigenvalue weighted by molar-refractivity contribution is 6.31. The number of hydrogen-bond acceptors (Lipinski definition) is 4. The van der Waals surface area contributed by atoms with Gasteiger partial charge in [-0.25, -0.2) is 4.98 Å². The molecule has 24 heavy (non-hydrogen) atoms. The fourth-order valence-corrected chi connectivity index (χ4v) is 2.71. The monoisotopic (exact) mass is 335 g/mol. The molecule has 2 aromatic carbocycles. The van der Waals surface area contributed by atoms with Crippen molar-refractivity contribution in [3.63, 3.8) is 0 Å². The lowest BCUT2D eigenvalue weighted by Gasteiger charge is -2.08. The summed E-state index contributed by atoms with van der Waals surface area (Å²) in [4.78, 5) is 9.10. The van der Waals surface area contributed by atoms with Crippen molar-refractivity contribution >= 4 is 28.5 Å². The Balaban J connectivity index is 1.57. The highest BCUT2D eigenvalue weighted by Gasteiger charge is 2.05. The number of halogens is 1. The molecule has 118 valence electrons. The smallest absolute Gasteiger partial charge is 0.145 e. The summed E-state index contributed by atoms with van der Waals surface area (Å²) in [5.74, 6) is 0.721.